The van der Waals surface area contributed by atoms with E-state index >= 15 is 0 Å². The van der Waals surface area contributed by atoms with Gasteiger partial charge in [0.05, 0.1) is 10.5 Å². The zero-order valence-corrected chi connectivity index (χ0v) is 11.4. The van der Waals surface area contributed by atoms with Gasteiger partial charge in [-0.15, -0.1) is 0 Å². The number of nitrogens with zero attached hydrogens (tertiary/aromatic N) is 2. The predicted octanol–water partition coefficient (Wildman–Crippen LogP) is 2.67. The van der Waals surface area contributed by atoms with Crippen LogP contribution in [0.4, 0.5) is 17.1 Å². The van der Waals surface area contributed by atoms with Crippen molar-refractivity contribution in [1.29, 1.82) is 0 Å². The van der Waals surface area contributed by atoms with Gasteiger partial charge in [-0.2, -0.15) is 0 Å². The molecule has 2 rings (SSSR count). The third-order valence-electron chi connectivity index (χ3n) is 2.76. The first-order chi connectivity index (χ1) is 10.1. The molecule has 0 aliphatic heterocycles. The van der Waals surface area contributed by atoms with Crippen LogP contribution in [0.25, 0.3) is 0 Å². The standard InChI is InChI=1S/C14H14N4O3/c1-2-16-13-4-3-11(18(20)21)9-12(13)14(19)17-10-5-7-15-8-6-10/h3-9,16H,2H2,1H3,(H,15,17,19). The average molecular weight is 286 g/mol. The van der Waals surface area contributed by atoms with Gasteiger partial charge >= 0.3 is 0 Å². The lowest BCUT2D eigenvalue weighted by molar-refractivity contribution is -0.384. The fourth-order valence-electron chi connectivity index (χ4n) is 1.81. The van der Waals surface area contributed by atoms with Crippen LogP contribution in [-0.2, 0) is 0 Å². The number of carbonyl (C=O) groups excluding carboxylic acids is 1. The summed E-state index contributed by atoms with van der Waals surface area (Å²) in [5.41, 5.74) is 1.22. The Hall–Kier alpha value is -2.96. The molecule has 0 radical (unpaired) electrons. The minimum Gasteiger partial charge on any atom is -0.385 e. The fourth-order valence-corrected chi connectivity index (χ4v) is 1.81. The van der Waals surface area contributed by atoms with Crippen LogP contribution in [0.5, 0.6) is 0 Å². The van der Waals surface area contributed by atoms with Crippen molar-refractivity contribution in [3.63, 3.8) is 0 Å². The van der Waals surface area contributed by atoms with E-state index in [2.05, 4.69) is 15.6 Å². The minimum absolute atomic E-state index is 0.128. The van der Waals surface area contributed by atoms with E-state index in [0.717, 1.165) is 0 Å². The SMILES string of the molecule is CCNc1ccc([N+](=O)[O-])cc1C(=O)Nc1ccncc1. The first-order valence-electron chi connectivity index (χ1n) is 6.35. The summed E-state index contributed by atoms with van der Waals surface area (Å²) in [6, 6.07) is 7.43. The second-order valence-corrected chi connectivity index (χ2v) is 4.21. The van der Waals surface area contributed by atoms with Gasteiger partial charge in [0.15, 0.2) is 0 Å². The molecule has 2 N–H and O–H groups in total. The van der Waals surface area contributed by atoms with Crippen molar-refractivity contribution in [1.82, 2.24) is 4.98 Å². The Morgan fingerprint density at radius 2 is 2.00 bits per heavy atom. The summed E-state index contributed by atoms with van der Waals surface area (Å²) >= 11 is 0. The number of amides is 1. The number of aromatic nitrogens is 1. The Bertz CT molecular complexity index is 659. The Kier molecular flexibility index (Phi) is 4.45. The number of hydrogen-bond acceptors (Lipinski definition) is 5. The normalized spacial score (nSPS) is 9.95. The van der Waals surface area contributed by atoms with Gasteiger partial charge in [0.1, 0.15) is 0 Å². The summed E-state index contributed by atoms with van der Waals surface area (Å²) in [6.07, 6.45) is 3.10. The molecule has 0 fully saturated rings. The van der Waals surface area contributed by atoms with Crippen molar-refractivity contribution in [2.75, 3.05) is 17.2 Å². The van der Waals surface area contributed by atoms with Crippen LogP contribution in [0.2, 0.25) is 0 Å². The van der Waals surface area contributed by atoms with Crippen molar-refractivity contribution < 1.29 is 9.72 Å². The van der Waals surface area contributed by atoms with Gasteiger partial charge in [-0.05, 0) is 25.1 Å². The molecular formula is C14H14N4O3. The smallest absolute Gasteiger partial charge is 0.270 e. The Balaban J connectivity index is 2.33. The second kappa shape index (κ2) is 6.47. The summed E-state index contributed by atoms with van der Waals surface area (Å²) in [4.78, 5) is 26.5. The first kappa shape index (κ1) is 14.4. The Morgan fingerprint density at radius 1 is 1.29 bits per heavy atom. The second-order valence-electron chi connectivity index (χ2n) is 4.21. The number of rotatable bonds is 5. The van der Waals surface area contributed by atoms with Crippen molar-refractivity contribution in [2.24, 2.45) is 0 Å². The number of nitrogens with one attached hydrogen (secondary N) is 2. The number of carbonyl (C=O) groups is 1. The van der Waals surface area contributed by atoms with Crippen molar-refractivity contribution in [3.05, 3.63) is 58.4 Å². The van der Waals surface area contributed by atoms with Crippen LogP contribution in [0.1, 0.15) is 17.3 Å². The van der Waals surface area contributed by atoms with Gasteiger partial charge in [-0.25, -0.2) is 0 Å². The summed E-state index contributed by atoms with van der Waals surface area (Å²) in [5.74, 6) is -0.416. The van der Waals surface area contributed by atoms with Crippen molar-refractivity contribution in [2.45, 2.75) is 6.92 Å². The summed E-state index contributed by atoms with van der Waals surface area (Å²) < 4.78 is 0. The maximum Gasteiger partial charge on any atom is 0.270 e. The molecule has 108 valence electrons. The summed E-state index contributed by atoms with van der Waals surface area (Å²) in [6.45, 7) is 2.49. The Morgan fingerprint density at radius 3 is 2.62 bits per heavy atom. The molecule has 1 aromatic carbocycles. The van der Waals surface area contributed by atoms with E-state index in [9.17, 15) is 14.9 Å². The van der Waals surface area contributed by atoms with Gasteiger partial charge in [-0.1, -0.05) is 0 Å². The lowest BCUT2D eigenvalue weighted by atomic mass is 10.1. The van der Waals surface area contributed by atoms with Crippen LogP contribution in [0.3, 0.4) is 0 Å². The Labute approximate surface area is 121 Å². The molecule has 0 saturated heterocycles. The summed E-state index contributed by atoms with van der Waals surface area (Å²) in [7, 11) is 0. The highest BCUT2D eigenvalue weighted by Gasteiger charge is 2.16. The van der Waals surface area contributed by atoms with Gasteiger partial charge in [0.25, 0.3) is 11.6 Å². The van der Waals surface area contributed by atoms with Gasteiger partial charge in [0, 0.05) is 42.4 Å². The first-order valence-corrected chi connectivity index (χ1v) is 6.35. The van der Waals surface area contributed by atoms with E-state index in [1.807, 2.05) is 6.92 Å². The molecule has 0 aliphatic carbocycles. The van der Waals surface area contributed by atoms with E-state index in [-0.39, 0.29) is 11.3 Å². The van der Waals surface area contributed by atoms with Crippen molar-refractivity contribution >= 4 is 23.0 Å². The molecule has 2 aromatic rings. The third-order valence-corrected chi connectivity index (χ3v) is 2.76. The molecule has 1 heterocycles. The quantitative estimate of drug-likeness (QED) is 0.650. The third kappa shape index (κ3) is 3.53. The topological polar surface area (TPSA) is 97.2 Å². The molecule has 1 amide bonds. The molecule has 21 heavy (non-hydrogen) atoms. The monoisotopic (exact) mass is 286 g/mol. The number of nitro benzene ring substituents is 1. The van der Waals surface area contributed by atoms with E-state index in [1.165, 1.54) is 18.2 Å². The molecule has 7 heteroatoms. The molecule has 0 aliphatic rings. The van der Waals surface area contributed by atoms with Gasteiger partial charge in [0.2, 0.25) is 0 Å². The predicted molar refractivity (Wildman–Crippen MR) is 79.5 cm³/mol. The van der Waals surface area contributed by atoms with Crippen LogP contribution >= 0.6 is 0 Å². The lowest BCUT2D eigenvalue weighted by Crippen LogP contribution is -2.15. The highest BCUT2D eigenvalue weighted by Crippen LogP contribution is 2.23. The molecule has 0 saturated carbocycles. The van der Waals surface area contributed by atoms with Crippen LogP contribution in [-0.4, -0.2) is 22.4 Å². The number of anilines is 2. The van der Waals surface area contributed by atoms with E-state index in [0.29, 0.717) is 17.9 Å². The molecule has 0 atom stereocenters. The molecule has 1 aromatic heterocycles. The zero-order valence-electron chi connectivity index (χ0n) is 11.4. The average Bonchev–Trinajstić information content (AvgIpc) is 2.48. The number of non-ortho nitro benzene ring substituents is 1. The fraction of sp³-hybridized carbons (Fsp3) is 0.143. The number of nitro groups is 1. The maximum absolute atomic E-state index is 12.3. The van der Waals surface area contributed by atoms with Crippen LogP contribution < -0.4 is 10.6 Å². The molecule has 0 unspecified atom stereocenters. The number of benzene rings is 1. The highest BCUT2D eigenvalue weighted by molar-refractivity contribution is 6.08. The summed E-state index contributed by atoms with van der Waals surface area (Å²) in [5, 5.41) is 16.5. The van der Waals surface area contributed by atoms with Gasteiger partial charge < -0.3 is 10.6 Å². The molecule has 0 spiro atoms. The largest absolute Gasteiger partial charge is 0.385 e. The highest BCUT2D eigenvalue weighted by atomic mass is 16.6. The van der Waals surface area contributed by atoms with Crippen molar-refractivity contribution in [3.8, 4) is 0 Å². The molecular weight excluding hydrogens is 272 g/mol. The van der Waals surface area contributed by atoms with E-state index < -0.39 is 10.8 Å². The minimum atomic E-state index is -0.529. The molecule has 7 nitrogen and oxygen atoms in total. The van der Waals surface area contributed by atoms with Gasteiger partial charge in [-0.3, -0.25) is 19.9 Å². The van der Waals surface area contributed by atoms with Crippen LogP contribution in [0, 0.1) is 10.1 Å². The van der Waals surface area contributed by atoms with E-state index in [4.69, 9.17) is 0 Å². The number of hydrogen-bond donors (Lipinski definition) is 2. The zero-order chi connectivity index (χ0) is 15.2. The number of pyridine rings is 1. The maximum atomic E-state index is 12.3. The van der Waals surface area contributed by atoms with E-state index in [1.54, 1.807) is 24.5 Å². The lowest BCUT2D eigenvalue weighted by Gasteiger charge is -2.11. The molecule has 0 bridgehead atoms. The van der Waals surface area contributed by atoms with Crippen LogP contribution in [0.15, 0.2) is 42.7 Å².